The lowest BCUT2D eigenvalue weighted by molar-refractivity contribution is -0.232. The molecule has 10 atom stereocenters. The second kappa shape index (κ2) is 28.3. The summed E-state index contributed by atoms with van der Waals surface area (Å²) in [6, 6.07) is -0.267. The van der Waals surface area contributed by atoms with Gasteiger partial charge >= 0.3 is 30.0 Å². The van der Waals surface area contributed by atoms with Crippen molar-refractivity contribution in [1.82, 2.24) is 24.7 Å². The number of hydrogen-bond donors (Lipinski definition) is 9. The van der Waals surface area contributed by atoms with Gasteiger partial charge in [0.1, 0.15) is 54.5 Å². The number of nitrogens with two attached hydrogens (primary N) is 1. The van der Waals surface area contributed by atoms with Gasteiger partial charge in [-0.05, 0) is 19.5 Å². The second-order valence-electron chi connectivity index (χ2n) is 16.3. The van der Waals surface area contributed by atoms with E-state index in [1.807, 2.05) is 0 Å². The van der Waals surface area contributed by atoms with E-state index in [2.05, 4.69) is 17.2 Å². The van der Waals surface area contributed by atoms with Crippen LogP contribution in [0.3, 0.4) is 0 Å². The SMILES string of the molecule is CCCCCCCCCCCCCCCNC(=O)C1=CCN(C)[C@@H]([C@H](O[C@@H]2O[C@H](CN)[C@@H](O)[C@H]2O)[C@H]2O[C@@H](n3ccc(=O)[nH]c3=O)[C@H](O)[C@@H]2O)C(=O)N1C.O=C(O)C(F)(F)F.O=C(O)C(F)(F)F. The third kappa shape index (κ3) is 18.1. The van der Waals surface area contributed by atoms with Crippen LogP contribution in [0.2, 0.25) is 0 Å². The van der Waals surface area contributed by atoms with Crippen LogP contribution >= 0.6 is 0 Å². The molecular weight excluding hydrogens is 930 g/mol. The fourth-order valence-corrected chi connectivity index (χ4v) is 7.38. The van der Waals surface area contributed by atoms with E-state index < -0.39 is 109 Å². The van der Waals surface area contributed by atoms with Crippen molar-refractivity contribution < 1.29 is 90.4 Å². The predicted molar refractivity (Wildman–Crippen MR) is 225 cm³/mol. The van der Waals surface area contributed by atoms with Crippen molar-refractivity contribution in [3.05, 3.63) is 44.9 Å². The van der Waals surface area contributed by atoms with E-state index in [9.17, 15) is 65.9 Å². The fourth-order valence-electron chi connectivity index (χ4n) is 7.38. The molecule has 0 saturated carbocycles. The Morgan fingerprint density at radius 3 is 1.76 bits per heavy atom. The Kier molecular flexibility index (Phi) is 24.8. The number of alkyl halides is 6. The average Bonchev–Trinajstić information content (AvgIpc) is 3.66. The number of H-pyrrole nitrogens is 1. The van der Waals surface area contributed by atoms with Gasteiger partial charge in [0.05, 0.1) is 0 Å². The van der Waals surface area contributed by atoms with Crippen molar-refractivity contribution in [3.8, 4) is 0 Å². The number of aromatic nitrogens is 2. The summed E-state index contributed by atoms with van der Waals surface area (Å²) in [5.74, 6) is -6.59. The van der Waals surface area contributed by atoms with E-state index in [0.717, 1.165) is 42.5 Å². The molecule has 3 aliphatic heterocycles. The Hall–Kier alpha value is -4.48. The molecule has 3 aliphatic rings. The van der Waals surface area contributed by atoms with Gasteiger partial charge in [-0.1, -0.05) is 84.0 Å². The Labute approximate surface area is 386 Å². The van der Waals surface area contributed by atoms with E-state index in [1.54, 1.807) is 18.0 Å². The highest BCUT2D eigenvalue weighted by atomic mass is 19.4. The summed E-state index contributed by atoms with van der Waals surface area (Å²) in [5.41, 5.74) is 4.20. The summed E-state index contributed by atoms with van der Waals surface area (Å²) in [7, 11) is 3.02. The lowest BCUT2D eigenvalue weighted by atomic mass is 9.97. The molecule has 4 rings (SSSR count). The van der Waals surface area contributed by atoms with Gasteiger partial charge in [0.15, 0.2) is 12.5 Å². The van der Waals surface area contributed by atoms with Crippen LogP contribution in [0.5, 0.6) is 0 Å². The Morgan fingerprint density at radius 2 is 1.31 bits per heavy atom. The molecular formula is C41H64F6N6O15. The maximum Gasteiger partial charge on any atom is 0.490 e. The number of aliphatic hydroxyl groups is 4. The number of halogens is 6. The summed E-state index contributed by atoms with van der Waals surface area (Å²) in [5, 5.41) is 60.8. The number of rotatable bonds is 21. The number of nitrogens with one attached hydrogen (secondary N) is 2. The highest BCUT2D eigenvalue weighted by Gasteiger charge is 2.55. The maximum absolute atomic E-state index is 14.3. The van der Waals surface area contributed by atoms with Crippen LogP contribution in [0.4, 0.5) is 26.3 Å². The van der Waals surface area contributed by atoms with Crippen LogP contribution in [-0.4, -0.2) is 175 Å². The first-order valence-corrected chi connectivity index (χ1v) is 22.1. The van der Waals surface area contributed by atoms with Gasteiger partial charge in [-0.25, -0.2) is 14.4 Å². The summed E-state index contributed by atoms with van der Waals surface area (Å²) >= 11 is 0. The van der Waals surface area contributed by atoms with Crippen molar-refractivity contribution in [2.75, 3.05) is 33.7 Å². The molecule has 10 N–H and O–H groups in total. The molecule has 0 radical (unpaired) electrons. The molecule has 2 saturated heterocycles. The summed E-state index contributed by atoms with van der Waals surface area (Å²) in [4.78, 5) is 74.5. The molecule has 0 spiro atoms. The van der Waals surface area contributed by atoms with Crippen LogP contribution in [0.15, 0.2) is 33.6 Å². The zero-order valence-electron chi connectivity index (χ0n) is 37.9. The molecule has 21 nitrogen and oxygen atoms in total. The molecule has 1 aromatic heterocycles. The predicted octanol–water partition coefficient (Wildman–Crippen LogP) is 1.08. The number of carbonyl (C=O) groups is 4. The third-order valence-corrected chi connectivity index (χ3v) is 11.2. The minimum atomic E-state index is -5.08. The van der Waals surface area contributed by atoms with Gasteiger partial charge in [-0.3, -0.25) is 28.8 Å². The highest BCUT2D eigenvalue weighted by molar-refractivity contribution is 5.99. The van der Waals surface area contributed by atoms with Gasteiger partial charge in [-0.2, -0.15) is 26.3 Å². The zero-order valence-corrected chi connectivity index (χ0v) is 37.9. The lowest BCUT2D eigenvalue weighted by Gasteiger charge is -2.38. The largest absolute Gasteiger partial charge is 0.490 e. The van der Waals surface area contributed by atoms with Gasteiger partial charge in [0.2, 0.25) is 5.91 Å². The number of carbonyl (C=O) groups excluding carboxylic acids is 2. The Bertz CT molecular complexity index is 1880. The molecule has 0 aliphatic carbocycles. The van der Waals surface area contributed by atoms with Crippen molar-refractivity contribution in [2.45, 2.75) is 164 Å². The number of aliphatic carboxylic acids is 2. The van der Waals surface area contributed by atoms with Gasteiger partial charge in [0.25, 0.3) is 11.5 Å². The summed E-state index contributed by atoms with van der Waals surface area (Å²) < 4.78 is 82.2. The van der Waals surface area contributed by atoms with E-state index >= 15 is 0 Å². The molecule has 2 amide bonds. The average molecular weight is 995 g/mol. The van der Waals surface area contributed by atoms with Gasteiger partial charge in [-0.15, -0.1) is 0 Å². The topological polar surface area (TPSA) is 317 Å². The Balaban J connectivity index is 0.000000982. The Morgan fingerprint density at radius 1 is 0.809 bits per heavy atom. The first-order chi connectivity index (χ1) is 31.8. The van der Waals surface area contributed by atoms with Crippen molar-refractivity contribution in [2.24, 2.45) is 5.73 Å². The molecule has 2 fully saturated rings. The molecule has 0 bridgehead atoms. The number of ether oxygens (including phenoxy) is 3. The number of unbranched alkanes of at least 4 members (excludes halogenated alkanes) is 12. The highest BCUT2D eigenvalue weighted by Crippen LogP contribution is 2.36. The van der Waals surface area contributed by atoms with Crippen molar-refractivity contribution in [1.29, 1.82) is 0 Å². The fraction of sp³-hybridized carbons (Fsp3) is 0.756. The number of aliphatic hydroxyl groups excluding tert-OH is 4. The number of carboxylic acid groups (broad SMARTS) is 2. The molecule has 68 heavy (non-hydrogen) atoms. The van der Waals surface area contributed by atoms with E-state index in [1.165, 1.54) is 69.7 Å². The number of hydrogen-bond acceptors (Lipinski definition) is 15. The number of carboxylic acids is 2. The minimum absolute atomic E-state index is 0.0679. The first-order valence-electron chi connectivity index (χ1n) is 22.1. The van der Waals surface area contributed by atoms with Crippen LogP contribution in [0.1, 0.15) is 96.6 Å². The second-order valence-corrected chi connectivity index (χ2v) is 16.3. The zero-order chi connectivity index (χ0) is 51.5. The van der Waals surface area contributed by atoms with Crippen LogP contribution in [0, 0.1) is 0 Å². The molecule has 4 heterocycles. The quantitative estimate of drug-likeness (QED) is 0.0615. The van der Waals surface area contributed by atoms with Crippen LogP contribution in [0.25, 0.3) is 0 Å². The smallest absolute Gasteiger partial charge is 0.475 e. The van der Waals surface area contributed by atoms with Gasteiger partial charge < -0.3 is 60.8 Å². The number of likely N-dealkylation sites (N-methyl/N-ethyl adjacent to an activating group) is 2. The maximum atomic E-state index is 14.3. The summed E-state index contributed by atoms with van der Waals surface area (Å²) in [6.45, 7) is 2.58. The standard InChI is InChI=1S/C37H62N6O11.2C2HF3O2/c1-4-5-6-7-8-9-10-11-12-13-14-15-16-19-39-33(49)23-17-20-41(2)26(34(50)42(23)3)31(54-36-30(48)27(45)24(22-38)52-36)32-28(46)29(47)35(53-32)43-21-18-25(44)40-37(43)51;2*3-2(4,5)1(6)7/h17-18,21,24,26-32,35-36,45-48H,4-16,19-20,22,38H2,1-3H3,(H,39,49)(H,40,44,51);2*(H,6,7)/t24-,26+,27-,28+,29-,30-,31+,32+,35-,36+;;/m1../s1. The van der Waals surface area contributed by atoms with E-state index in [4.69, 9.17) is 39.7 Å². The summed E-state index contributed by atoms with van der Waals surface area (Å²) in [6.07, 6.45) is -5.37. The van der Waals surface area contributed by atoms with E-state index in [0.29, 0.717) is 6.54 Å². The molecule has 390 valence electrons. The monoisotopic (exact) mass is 994 g/mol. The van der Waals surface area contributed by atoms with Crippen LogP contribution in [-0.2, 0) is 33.4 Å². The molecule has 27 heteroatoms. The molecule has 0 unspecified atom stereocenters. The van der Waals surface area contributed by atoms with Crippen molar-refractivity contribution in [3.63, 3.8) is 0 Å². The normalized spacial score (nSPS) is 25.9. The third-order valence-electron chi connectivity index (χ3n) is 11.2. The number of nitrogens with zero attached hydrogens (tertiary/aromatic N) is 3. The molecule has 0 aromatic carbocycles. The van der Waals surface area contributed by atoms with E-state index in [-0.39, 0.29) is 18.8 Å². The number of aromatic amines is 1. The lowest BCUT2D eigenvalue weighted by Crippen LogP contribution is -2.59. The molecule has 1 aromatic rings. The first kappa shape index (κ1) is 59.6. The number of amides is 2. The van der Waals surface area contributed by atoms with Crippen molar-refractivity contribution >= 4 is 23.8 Å². The van der Waals surface area contributed by atoms with Gasteiger partial charge in [0, 0.05) is 38.9 Å². The minimum Gasteiger partial charge on any atom is -0.475 e. The van der Waals surface area contributed by atoms with Crippen LogP contribution < -0.4 is 22.3 Å².